The topological polar surface area (TPSA) is 0 Å². The van der Waals surface area contributed by atoms with Gasteiger partial charge in [0.25, 0.3) is 0 Å². The minimum Gasteiger partial charge on any atom is -0.304 e. The second-order valence-electron chi connectivity index (χ2n) is 4.87. The molecule has 1 rings (SSSR count). The summed E-state index contributed by atoms with van der Waals surface area (Å²) in [5.41, 5.74) is 0. The first-order valence-corrected chi connectivity index (χ1v) is 7.50. The van der Waals surface area contributed by atoms with E-state index in [9.17, 15) is 0 Å². The second-order valence-corrected chi connectivity index (χ2v) is 9.41. The number of hydrogen-bond donors (Lipinski definition) is 0. The number of hydrogen-bond acceptors (Lipinski definition) is 0. The van der Waals surface area contributed by atoms with Crippen LogP contribution in [0.3, 0.4) is 0 Å². The fourth-order valence-corrected chi connectivity index (χ4v) is 4.72. The molecule has 0 spiro atoms. The first-order chi connectivity index (χ1) is 5.33. The van der Waals surface area contributed by atoms with Crippen molar-refractivity contribution in [3.8, 4) is 0 Å². The van der Waals surface area contributed by atoms with Gasteiger partial charge in [0.05, 0.1) is 13.6 Å². The van der Waals surface area contributed by atoms with Gasteiger partial charge >= 0.3 is 0 Å². The van der Waals surface area contributed by atoms with Crippen LogP contribution in [0.2, 0.25) is 0 Å². The van der Waals surface area contributed by atoms with Crippen molar-refractivity contribution in [2.75, 3.05) is 38.4 Å². The van der Waals surface area contributed by atoms with Crippen LogP contribution < -0.4 is 0 Å². The Labute approximate surface area is 79.0 Å². The maximum absolute atomic E-state index is 2.49. The Bertz CT molecular complexity index is 190. The van der Waals surface area contributed by atoms with Crippen molar-refractivity contribution in [3.05, 3.63) is 0 Å². The van der Waals surface area contributed by atoms with E-state index >= 15 is 0 Å². The molecule has 1 aliphatic rings. The van der Waals surface area contributed by atoms with E-state index in [0.29, 0.717) is 4.87 Å². The van der Waals surface area contributed by atoms with Gasteiger partial charge in [-0.25, -0.2) is 0 Å². The maximum atomic E-state index is 2.49. The van der Waals surface area contributed by atoms with Gasteiger partial charge in [0.15, 0.2) is 4.87 Å². The molecule has 0 radical (unpaired) electrons. The molecule has 12 heavy (non-hydrogen) atoms. The lowest BCUT2D eigenvalue weighted by Gasteiger charge is -2.37. The van der Waals surface area contributed by atoms with E-state index in [4.69, 9.17) is 0 Å². The largest absolute Gasteiger partial charge is 0.304 e. The van der Waals surface area contributed by atoms with E-state index in [1.165, 1.54) is 23.3 Å². The molecule has 0 bridgehead atoms. The van der Waals surface area contributed by atoms with E-state index in [1.807, 2.05) is 0 Å². The fourth-order valence-electron chi connectivity index (χ4n) is 2.14. The first-order valence-electron chi connectivity index (χ1n) is 4.88. The predicted octanol–water partition coefficient (Wildman–Crippen LogP) is 2.27. The highest BCUT2D eigenvalue weighted by Gasteiger charge is 2.67. The Hall–Kier alpha value is 0.310. The molecule has 0 saturated carbocycles. The Morgan fingerprint density at radius 2 is 1.83 bits per heavy atom. The van der Waals surface area contributed by atoms with E-state index in [0.717, 1.165) is 0 Å². The quantitative estimate of drug-likeness (QED) is 0.473. The molecule has 0 aliphatic carbocycles. The molecule has 1 saturated heterocycles. The highest BCUT2D eigenvalue weighted by atomic mass is 32.3. The molecule has 0 N–H and O–H groups in total. The van der Waals surface area contributed by atoms with Crippen molar-refractivity contribution in [2.24, 2.45) is 0 Å². The van der Waals surface area contributed by atoms with Gasteiger partial charge in [0.2, 0.25) is 0 Å². The number of nitrogens with zero attached hydrogens (tertiary/aromatic N) is 1. The Kier molecular flexibility index (Phi) is 2.29. The highest BCUT2D eigenvalue weighted by molar-refractivity contribution is 8.33. The summed E-state index contributed by atoms with van der Waals surface area (Å²) in [6, 6.07) is 0. The van der Waals surface area contributed by atoms with Crippen LogP contribution in [0.15, 0.2) is 0 Å². The lowest BCUT2D eigenvalue weighted by molar-refractivity contribution is -0.794. The van der Waals surface area contributed by atoms with Crippen LogP contribution in [0, 0.1) is 0 Å². The molecule has 2 atom stereocenters. The van der Waals surface area contributed by atoms with Crippen molar-refractivity contribution in [1.29, 1.82) is 0 Å². The molecule has 2 unspecified atom stereocenters. The summed E-state index contributed by atoms with van der Waals surface area (Å²) < 4.78 is 1.31. The molecule has 74 valence electrons. The number of rotatable bonds is 3. The van der Waals surface area contributed by atoms with E-state index in [1.54, 1.807) is 0 Å². The first kappa shape index (κ1) is 10.4. The van der Waals surface area contributed by atoms with Crippen LogP contribution in [-0.2, 0) is 0 Å². The van der Waals surface area contributed by atoms with Crippen molar-refractivity contribution in [3.63, 3.8) is 0 Å². The molecule has 0 aromatic carbocycles. The number of quaternary nitrogens is 1. The fraction of sp³-hybridized carbons (Fsp3) is 1.00. The van der Waals surface area contributed by atoms with Crippen LogP contribution in [0.4, 0.5) is 0 Å². The molecule has 1 heterocycles. The van der Waals surface area contributed by atoms with Crippen molar-refractivity contribution >= 4 is 10.0 Å². The summed E-state index contributed by atoms with van der Waals surface area (Å²) in [6.45, 7) is 9.84. The van der Waals surface area contributed by atoms with Gasteiger partial charge in [0, 0.05) is 6.92 Å². The third-order valence-corrected chi connectivity index (χ3v) is 8.69. The van der Waals surface area contributed by atoms with Crippen LogP contribution in [0.5, 0.6) is 0 Å². The van der Waals surface area contributed by atoms with Crippen LogP contribution in [0.25, 0.3) is 0 Å². The molecule has 0 aromatic heterocycles. The van der Waals surface area contributed by atoms with Crippen LogP contribution in [0.1, 0.15) is 20.8 Å². The molecule has 2 heteroatoms. The van der Waals surface area contributed by atoms with Gasteiger partial charge in [0.1, 0.15) is 6.54 Å². The Balaban J connectivity index is 2.79. The molecular weight excluding hydrogens is 166 g/mol. The smallest absolute Gasteiger partial charge is 0.177 e. The van der Waals surface area contributed by atoms with Gasteiger partial charge in [-0.1, -0.05) is 6.92 Å². The Morgan fingerprint density at radius 1 is 1.33 bits per heavy atom. The third kappa shape index (κ3) is 1.12. The summed E-state index contributed by atoms with van der Waals surface area (Å²) in [6.07, 6.45) is 4.98. The summed E-state index contributed by atoms with van der Waals surface area (Å²) in [5.74, 6) is 1.37. The van der Waals surface area contributed by atoms with E-state index in [-0.39, 0.29) is 10.0 Å². The molecule has 1 aliphatic heterocycles. The summed E-state index contributed by atoms with van der Waals surface area (Å²) >= 11 is 0. The predicted molar refractivity (Wildman–Crippen MR) is 60.0 cm³/mol. The zero-order chi connectivity index (χ0) is 9.62. The average Bonchev–Trinajstić information content (AvgIpc) is 2.58. The molecule has 0 amide bonds. The third-order valence-electron chi connectivity index (χ3n) is 4.29. The van der Waals surface area contributed by atoms with Gasteiger partial charge in [-0.15, -0.1) is 0 Å². The zero-order valence-corrected chi connectivity index (χ0v) is 10.3. The average molecular weight is 190 g/mol. The van der Waals surface area contributed by atoms with Gasteiger partial charge in [-0.05, 0) is 25.2 Å². The Morgan fingerprint density at radius 3 is 2.08 bits per heavy atom. The standard InChI is InChI=1S/C10H24NS/c1-7-11(4)9-10(11,3)12(5,6)8-2/h7-9H2,1-6H3/q+1. The highest BCUT2D eigenvalue weighted by Crippen LogP contribution is 2.65. The normalized spacial score (nSPS) is 42.8. The SMILES string of the molecule is CC[N+]1(C)CC1(C)S(C)(C)CC. The minimum absolute atomic E-state index is 0.372. The molecular formula is C10H24NS+. The summed E-state index contributed by atoms with van der Waals surface area (Å²) in [4.78, 5) is 0.622. The van der Waals surface area contributed by atoms with Gasteiger partial charge < -0.3 is 4.48 Å². The summed E-state index contributed by atoms with van der Waals surface area (Å²) in [5, 5.41) is 0. The van der Waals surface area contributed by atoms with Crippen molar-refractivity contribution < 1.29 is 4.48 Å². The number of likely N-dealkylation sites (N-methyl/N-ethyl adjacent to an activating group) is 1. The monoisotopic (exact) mass is 190 g/mol. The lowest BCUT2D eigenvalue weighted by Crippen LogP contribution is -2.34. The van der Waals surface area contributed by atoms with Gasteiger partial charge in [-0.2, -0.15) is 10.0 Å². The van der Waals surface area contributed by atoms with Crippen LogP contribution in [-0.4, -0.2) is 47.8 Å². The molecule has 1 fully saturated rings. The van der Waals surface area contributed by atoms with Crippen molar-refractivity contribution in [1.82, 2.24) is 0 Å². The molecule has 1 nitrogen and oxygen atoms in total. The van der Waals surface area contributed by atoms with E-state index < -0.39 is 0 Å². The summed E-state index contributed by atoms with van der Waals surface area (Å²) in [7, 11) is 2.04. The second kappa shape index (κ2) is 2.65. The minimum atomic E-state index is -0.372. The molecule has 0 aromatic rings. The lowest BCUT2D eigenvalue weighted by atomic mass is 10.5. The zero-order valence-electron chi connectivity index (χ0n) is 9.48. The van der Waals surface area contributed by atoms with Crippen LogP contribution >= 0.6 is 10.0 Å². The van der Waals surface area contributed by atoms with Gasteiger partial charge in [-0.3, -0.25) is 0 Å². The maximum Gasteiger partial charge on any atom is 0.177 e. The van der Waals surface area contributed by atoms with E-state index in [2.05, 4.69) is 40.3 Å². The van der Waals surface area contributed by atoms with Crippen molar-refractivity contribution in [2.45, 2.75) is 25.6 Å².